The van der Waals surface area contributed by atoms with Crippen LogP contribution in [0.25, 0.3) is 0 Å². The number of aliphatic hydroxyl groups excluding tert-OH is 2. The third kappa shape index (κ3) is 2.92. The summed E-state index contributed by atoms with van der Waals surface area (Å²) >= 11 is 0. The third-order valence-electron chi connectivity index (χ3n) is 3.14. The van der Waals surface area contributed by atoms with Crippen LogP contribution >= 0.6 is 0 Å². The van der Waals surface area contributed by atoms with Gasteiger partial charge in [-0.1, -0.05) is 6.92 Å². The number of hydrogen-bond acceptors (Lipinski definition) is 4. The normalized spacial score (nSPS) is 31.7. The molecule has 0 amide bonds. The molecule has 4 heteroatoms. The molecule has 0 bridgehead atoms. The molecule has 15 heavy (non-hydrogen) atoms. The molecule has 0 radical (unpaired) electrons. The third-order valence-corrected chi connectivity index (χ3v) is 3.14. The molecule has 0 saturated heterocycles. The maximum absolute atomic E-state index is 11.7. The SMILES string of the molecule is CCC(C)(C)C(=O)OC1CC(O)CC1O. The van der Waals surface area contributed by atoms with E-state index in [2.05, 4.69) is 0 Å². The summed E-state index contributed by atoms with van der Waals surface area (Å²) in [6, 6.07) is 0. The highest BCUT2D eigenvalue weighted by Gasteiger charge is 2.37. The van der Waals surface area contributed by atoms with Crippen molar-refractivity contribution in [2.75, 3.05) is 0 Å². The van der Waals surface area contributed by atoms with Crippen molar-refractivity contribution < 1.29 is 19.7 Å². The lowest BCUT2D eigenvalue weighted by atomic mass is 9.90. The summed E-state index contributed by atoms with van der Waals surface area (Å²) in [5.41, 5.74) is -0.521. The fourth-order valence-electron chi connectivity index (χ4n) is 1.52. The van der Waals surface area contributed by atoms with Gasteiger partial charge < -0.3 is 14.9 Å². The Morgan fingerprint density at radius 2 is 2.00 bits per heavy atom. The lowest BCUT2D eigenvalue weighted by molar-refractivity contribution is -0.164. The number of carbonyl (C=O) groups excluding carboxylic acids is 1. The number of esters is 1. The standard InChI is InChI=1S/C11H20O4/c1-4-11(2,3)10(14)15-9-6-7(12)5-8(9)13/h7-9,12-13H,4-6H2,1-3H3. The highest BCUT2D eigenvalue weighted by Crippen LogP contribution is 2.27. The first-order chi connectivity index (χ1) is 6.86. The molecule has 1 saturated carbocycles. The Bertz CT molecular complexity index is 237. The Morgan fingerprint density at radius 1 is 1.40 bits per heavy atom. The number of ether oxygens (including phenoxy) is 1. The fourth-order valence-corrected chi connectivity index (χ4v) is 1.52. The van der Waals surface area contributed by atoms with Crippen LogP contribution in [0.1, 0.15) is 40.0 Å². The molecule has 4 nitrogen and oxygen atoms in total. The van der Waals surface area contributed by atoms with Gasteiger partial charge in [0, 0.05) is 12.8 Å². The van der Waals surface area contributed by atoms with E-state index in [4.69, 9.17) is 4.74 Å². The van der Waals surface area contributed by atoms with Crippen molar-refractivity contribution in [1.82, 2.24) is 0 Å². The quantitative estimate of drug-likeness (QED) is 0.686. The van der Waals surface area contributed by atoms with Crippen LogP contribution in [-0.4, -0.2) is 34.5 Å². The number of rotatable bonds is 3. The number of carbonyl (C=O) groups is 1. The first-order valence-electron chi connectivity index (χ1n) is 5.44. The smallest absolute Gasteiger partial charge is 0.311 e. The molecule has 1 aliphatic rings. The predicted octanol–water partition coefficient (Wildman–Crippen LogP) is 0.850. The van der Waals surface area contributed by atoms with Gasteiger partial charge in [-0.3, -0.25) is 4.79 Å². The van der Waals surface area contributed by atoms with E-state index in [9.17, 15) is 15.0 Å². The molecule has 1 aliphatic carbocycles. The Balaban J connectivity index is 2.52. The Labute approximate surface area is 90.2 Å². The minimum absolute atomic E-state index is 0.296. The van der Waals surface area contributed by atoms with Crippen LogP contribution in [0.3, 0.4) is 0 Å². The Morgan fingerprint density at radius 3 is 2.40 bits per heavy atom. The zero-order valence-corrected chi connectivity index (χ0v) is 9.56. The summed E-state index contributed by atoms with van der Waals surface area (Å²) in [7, 11) is 0. The van der Waals surface area contributed by atoms with Gasteiger partial charge in [-0.15, -0.1) is 0 Å². The van der Waals surface area contributed by atoms with E-state index in [0.717, 1.165) is 0 Å². The molecule has 2 N–H and O–H groups in total. The maximum atomic E-state index is 11.7. The molecule has 0 aromatic heterocycles. The molecule has 0 aromatic carbocycles. The Kier molecular flexibility index (Phi) is 3.73. The average molecular weight is 216 g/mol. The van der Waals surface area contributed by atoms with Crippen molar-refractivity contribution in [3.8, 4) is 0 Å². The molecule has 0 spiro atoms. The van der Waals surface area contributed by atoms with Crippen LogP contribution in [0.15, 0.2) is 0 Å². The zero-order valence-electron chi connectivity index (χ0n) is 9.56. The monoisotopic (exact) mass is 216 g/mol. The van der Waals surface area contributed by atoms with Crippen LogP contribution in [0.2, 0.25) is 0 Å². The molecule has 1 fully saturated rings. The molecule has 1 rings (SSSR count). The molecule has 0 aromatic rings. The minimum Gasteiger partial charge on any atom is -0.459 e. The van der Waals surface area contributed by atoms with Crippen LogP contribution < -0.4 is 0 Å². The summed E-state index contributed by atoms with van der Waals surface area (Å²) < 4.78 is 5.20. The van der Waals surface area contributed by atoms with E-state index in [1.165, 1.54) is 0 Å². The van der Waals surface area contributed by atoms with Crippen molar-refractivity contribution in [2.24, 2.45) is 5.41 Å². The lowest BCUT2D eigenvalue weighted by Gasteiger charge is -2.24. The van der Waals surface area contributed by atoms with Gasteiger partial charge >= 0.3 is 5.97 Å². The highest BCUT2D eigenvalue weighted by molar-refractivity contribution is 5.76. The second-order valence-corrected chi connectivity index (χ2v) is 4.87. The first-order valence-corrected chi connectivity index (χ1v) is 5.44. The summed E-state index contributed by atoms with van der Waals surface area (Å²) in [5, 5.41) is 18.8. The van der Waals surface area contributed by atoms with Crippen LogP contribution in [0.5, 0.6) is 0 Å². The van der Waals surface area contributed by atoms with Gasteiger partial charge in [-0.05, 0) is 20.3 Å². The van der Waals surface area contributed by atoms with Crippen LogP contribution in [-0.2, 0) is 9.53 Å². The fraction of sp³-hybridized carbons (Fsp3) is 0.909. The zero-order chi connectivity index (χ0) is 11.6. The predicted molar refractivity (Wildman–Crippen MR) is 55.2 cm³/mol. The molecule has 3 unspecified atom stereocenters. The number of aliphatic hydroxyl groups is 2. The minimum atomic E-state index is -0.725. The summed E-state index contributed by atoms with van der Waals surface area (Å²) in [6.07, 6.45) is -0.494. The van der Waals surface area contributed by atoms with Gasteiger partial charge in [-0.2, -0.15) is 0 Å². The van der Waals surface area contributed by atoms with Crippen molar-refractivity contribution in [3.05, 3.63) is 0 Å². The maximum Gasteiger partial charge on any atom is 0.311 e. The van der Waals surface area contributed by atoms with E-state index in [0.29, 0.717) is 19.3 Å². The van der Waals surface area contributed by atoms with Crippen molar-refractivity contribution >= 4 is 5.97 Å². The van der Waals surface area contributed by atoms with Gasteiger partial charge in [0.05, 0.1) is 17.6 Å². The van der Waals surface area contributed by atoms with E-state index >= 15 is 0 Å². The Hall–Kier alpha value is -0.610. The molecular formula is C11H20O4. The van der Waals surface area contributed by atoms with E-state index in [1.807, 2.05) is 20.8 Å². The van der Waals surface area contributed by atoms with Crippen molar-refractivity contribution in [1.29, 1.82) is 0 Å². The van der Waals surface area contributed by atoms with Crippen molar-refractivity contribution in [3.63, 3.8) is 0 Å². The topological polar surface area (TPSA) is 66.8 Å². The summed E-state index contributed by atoms with van der Waals surface area (Å²) in [6.45, 7) is 5.54. The second kappa shape index (κ2) is 4.49. The average Bonchev–Trinajstić information content (AvgIpc) is 2.45. The summed E-state index contributed by atoms with van der Waals surface area (Å²) in [4.78, 5) is 11.7. The first kappa shape index (κ1) is 12.5. The highest BCUT2D eigenvalue weighted by atomic mass is 16.6. The lowest BCUT2D eigenvalue weighted by Crippen LogP contribution is -2.33. The van der Waals surface area contributed by atoms with Crippen molar-refractivity contribution in [2.45, 2.75) is 58.3 Å². The van der Waals surface area contributed by atoms with E-state index in [-0.39, 0.29) is 5.97 Å². The molecule has 0 aliphatic heterocycles. The van der Waals surface area contributed by atoms with Gasteiger partial charge in [0.25, 0.3) is 0 Å². The largest absolute Gasteiger partial charge is 0.459 e. The van der Waals surface area contributed by atoms with Crippen LogP contribution in [0, 0.1) is 5.41 Å². The second-order valence-electron chi connectivity index (χ2n) is 4.87. The number of hydrogen-bond donors (Lipinski definition) is 2. The summed E-state index contributed by atoms with van der Waals surface area (Å²) in [5.74, 6) is -0.303. The van der Waals surface area contributed by atoms with Gasteiger partial charge in [0.15, 0.2) is 0 Å². The molecule has 0 heterocycles. The van der Waals surface area contributed by atoms with E-state index in [1.54, 1.807) is 0 Å². The molecule has 88 valence electrons. The van der Waals surface area contributed by atoms with E-state index < -0.39 is 23.7 Å². The molecular weight excluding hydrogens is 196 g/mol. The van der Waals surface area contributed by atoms with Gasteiger partial charge in [0.1, 0.15) is 6.10 Å². The van der Waals surface area contributed by atoms with Crippen LogP contribution in [0.4, 0.5) is 0 Å². The van der Waals surface area contributed by atoms with Gasteiger partial charge in [0.2, 0.25) is 0 Å². The van der Waals surface area contributed by atoms with Gasteiger partial charge in [-0.25, -0.2) is 0 Å². The molecule has 3 atom stereocenters.